The van der Waals surface area contributed by atoms with Gasteiger partial charge in [0, 0.05) is 13.0 Å². The van der Waals surface area contributed by atoms with Gasteiger partial charge in [-0.25, -0.2) is 9.18 Å². The lowest BCUT2D eigenvalue weighted by atomic mass is 10.1. The van der Waals surface area contributed by atoms with Crippen molar-refractivity contribution < 1.29 is 19.4 Å². The molecule has 1 amide bonds. The Balaban J connectivity index is 2.52. The predicted molar refractivity (Wildman–Crippen MR) is 39.7 cm³/mol. The standard InChI is InChI=1S/C7H12FNO3/c8-5-3-6(10)1-2-9(4-5)7(11)12/h5-6,10H,1-4H2,(H,11,12). The number of amides is 1. The second-order valence-corrected chi connectivity index (χ2v) is 3.00. The van der Waals surface area contributed by atoms with Crippen molar-refractivity contribution in [2.75, 3.05) is 13.1 Å². The number of nitrogens with zero attached hydrogens (tertiary/aromatic N) is 1. The SMILES string of the molecule is O=C(O)N1CCC(O)CC(F)C1. The van der Waals surface area contributed by atoms with E-state index in [2.05, 4.69) is 0 Å². The Labute approximate surface area is 69.6 Å². The van der Waals surface area contributed by atoms with Crippen molar-refractivity contribution in [2.24, 2.45) is 0 Å². The summed E-state index contributed by atoms with van der Waals surface area (Å²) in [5.41, 5.74) is 0. The quantitative estimate of drug-likeness (QED) is 0.565. The van der Waals surface area contributed by atoms with Gasteiger partial charge in [-0.15, -0.1) is 0 Å². The number of carboxylic acid groups (broad SMARTS) is 1. The lowest BCUT2D eigenvalue weighted by molar-refractivity contribution is 0.130. The molecule has 0 aromatic rings. The summed E-state index contributed by atoms with van der Waals surface area (Å²) in [5.74, 6) is 0. The molecule has 12 heavy (non-hydrogen) atoms. The molecular formula is C7H12FNO3. The number of carbonyl (C=O) groups is 1. The van der Waals surface area contributed by atoms with Crippen molar-refractivity contribution in [1.82, 2.24) is 4.90 Å². The molecule has 0 spiro atoms. The van der Waals surface area contributed by atoms with Crippen molar-refractivity contribution in [3.8, 4) is 0 Å². The summed E-state index contributed by atoms with van der Waals surface area (Å²) in [6.45, 7) is 0.101. The van der Waals surface area contributed by atoms with Crippen LogP contribution in [-0.2, 0) is 0 Å². The Morgan fingerprint density at radius 1 is 1.58 bits per heavy atom. The summed E-state index contributed by atoms with van der Waals surface area (Å²) in [7, 11) is 0. The highest BCUT2D eigenvalue weighted by Gasteiger charge is 2.25. The van der Waals surface area contributed by atoms with Crippen LogP contribution in [-0.4, -0.2) is 46.6 Å². The van der Waals surface area contributed by atoms with Gasteiger partial charge in [-0.1, -0.05) is 0 Å². The van der Waals surface area contributed by atoms with Gasteiger partial charge in [-0.05, 0) is 6.42 Å². The largest absolute Gasteiger partial charge is 0.465 e. The van der Waals surface area contributed by atoms with Gasteiger partial charge >= 0.3 is 6.09 Å². The van der Waals surface area contributed by atoms with Gasteiger partial charge in [0.2, 0.25) is 0 Å². The van der Waals surface area contributed by atoms with Crippen LogP contribution in [0.2, 0.25) is 0 Å². The predicted octanol–water partition coefficient (Wildman–Crippen LogP) is 0.459. The van der Waals surface area contributed by atoms with Crippen LogP contribution in [0.5, 0.6) is 0 Å². The third-order valence-electron chi connectivity index (χ3n) is 1.95. The highest BCUT2D eigenvalue weighted by Crippen LogP contribution is 2.13. The van der Waals surface area contributed by atoms with E-state index in [1.165, 1.54) is 0 Å². The van der Waals surface area contributed by atoms with Gasteiger partial charge in [-0.2, -0.15) is 0 Å². The third-order valence-corrected chi connectivity index (χ3v) is 1.95. The summed E-state index contributed by atoms with van der Waals surface area (Å²) >= 11 is 0. The number of halogens is 1. The minimum absolute atomic E-state index is 0.0454. The molecule has 1 heterocycles. The zero-order chi connectivity index (χ0) is 9.14. The van der Waals surface area contributed by atoms with E-state index in [4.69, 9.17) is 10.2 Å². The van der Waals surface area contributed by atoms with Crippen molar-refractivity contribution in [2.45, 2.75) is 25.1 Å². The first-order valence-corrected chi connectivity index (χ1v) is 3.89. The topological polar surface area (TPSA) is 60.8 Å². The van der Waals surface area contributed by atoms with Crippen LogP contribution < -0.4 is 0 Å². The fraction of sp³-hybridized carbons (Fsp3) is 0.857. The van der Waals surface area contributed by atoms with Gasteiger partial charge in [0.1, 0.15) is 6.17 Å². The van der Waals surface area contributed by atoms with Crippen LogP contribution in [0.4, 0.5) is 9.18 Å². The lowest BCUT2D eigenvalue weighted by Crippen LogP contribution is -2.33. The number of hydrogen-bond acceptors (Lipinski definition) is 2. The normalized spacial score (nSPS) is 31.3. The number of rotatable bonds is 0. The minimum atomic E-state index is -1.24. The second-order valence-electron chi connectivity index (χ2n) is 3.00. The van der Waals surface area contributed by atoms with Crippen LogP contribution in [0.25, 0.3) is 0 Å². The summed E-state index contributed by atoms with van der Waals surface area (Å²) in [4.78, 5) is 11.4. The Morgan fingerprint density at radius 2 is 2.25 bits per heavy atom. The van der Waals surface area contributed by atoms with Gasteiger partial charge in [-0.3, -0.25) is 0 Å². The maximum atomic E-state index is 12.8. The average Bonchev–Trinajstić information content (AvgIpc) is 2.11. The highest BCUT2D eigenvalue weighted by molar-refractivity contribution is 5.65. The van der Waals surface area contributed by atoms with E-state index in [0.29, 0.717) is 6.42 Å². The lowest BCUT2D eigenvalue weighted by Gasteiger charge is -2.16. The molecule has 1 rings (SSSR count). The van der Waals surface area contributed by atoms with Crippen LogP contribution in [0.15, 0.2) is 0 Å². The maximum Gasteiger partial charge on any atom is 0.407 e. The Kier molecular flexibility index (Phi) is 2.86. The summed E-state index contributed by atoms with van der Waals surface area (Å²) in [5, 5.41) is 17.6. The van der Waals surface area contributed by atoms with E-state index in [1.54, 1.807) is 0 Å². The van der Waals surface area contributed by atoms with Crippen LogP contribution in [0, 0.1) is 0 Å². The molecule has 0 radical (unpaired) electrons. The van der Waals surface area contributed by atoms with Crippen LogP contribution >= 0.6 is 0 Å². The Hall–Kier alpha value is -0.840. The van der Waals surface area contributed by atoms with E-state index >= 15 is 0 Å². The second kappa shape index (κ2) is 3.71. The summed E-state index contributed by atoms with van der Waals surface area (Å²) < 4.78 is 12.8. The van der Waals surface area contributed by atoms with Gasteiger partial charge < -0.3 is 15.1 Å². The Bertz CT molecular complexity index is 176. The summed E-state index contributed by atoms with van der Waals surface area (Å²) in [6, 6.07) is 0. The molecule has 2 atom stereocenters. The number of alkyl halides is 1. The number of aliphatic hydroxyl groups is 1. The van der Waals surface area contributed by atoms with Gasteiger partial charge in [0.05, 0.1) is 12.6 Å². The van der Waals surface area contributed by atoms with Crippen molar-refractivity contribution in [1.29, 1.82) is 0 Å². The molecule has 5 heteroatoms. The van der Waals surface area contributed by atoms with Gasteiger partial charge in [0.15, 0.2) is 0 Å². The highest BCUT2D eigenvalue weighted by atomic mass is 19.1. The zero-order valence-electron chi connectivity index (χ0n) is 6.61. The molecule has 2 N–H and O–H groups in total. The van der Waals surface area contributed by atoms with Crippen LogP contribution in [0.3, 0.4) is 0 Å². The number of likely N-dealkylation sites (tertiary alicyclic amines) is 1. The molecule has 2 unspecified atom stereocenters. The molecular weight excluding hydrogens is 165 g/mol. The van der Waals surface area contributed by atoms with Gasteiger partial charge in [0.25, 0.3) is 0 Å². The molecule has 0 aliphatic carbocycles. The molecule has 70 valence electrons. The minimum Gasteiger partial charge on any atom is -0.465 e. The molecule has 0 aromatic carbocycles. The first-order valence-electron chi connectivity index (χ1n) is 3.89. The molecule has 1 aliphatic rings. The van der Waals surface area contributed by atoms with Crippen molar-refractivity contribution in [3.63, 3.8) is 0 Å². The first kappa shape index (κ1) is 9.25. The van der Waals surface area contributed by atoms with Crippen molar-refractivity contribution >= 4 is 6.09 Å². The molecule has 4 nitrogen and oxygen atoms in total. The number of aliphatic hydroxyl groups excluding tert-OH is 1. The molecule has 1 fully saturated rings. The molecule has 0 aromatic heterocycles. The smallest absolute Gasteiger partial charge is 0.407 e. The third kappa shape index (κ3) is 2.34. The molecule has 0 bridgehead atoms. The fourth-order valence-electron chi connectivity index (χ4n) is 1.30. The molecule has 0 saturated carbocycles. The van der Waals surface area contributed by atoms with E-state index in [-0.39, 0.29) is 19.5 Å². The summed E-state index contributed by atoms with van der Waals surface area (Å²) in [6.07, 6.45) is -2.69. The average molecular weight is 177 g/mol. The maximum absolute atomic E-state index is 12.8. The fourth-order valence-corrected chi connectivity index (χ4v) is 1.30. The van der Waals surface area contributed by atoms with E-state index < -0.39 is 18.4 Å². The van der Waals surface area contributed by atoms with E-state index in [0.717, 1.165) is 4.90 Å². The molecule has 1 aliphatic heterocycles. The first-order chi connectivity index (χ1) is 5.59. The molecule has 1 saturated heterocycles. The zero-order valence-corrected chi connectivity index (χ0v) is 6.61. The number of hydrogen-bond donors (Lipinski definition) is 2. The van der Waals surface area contributed by atoms with Crippen molar-refractivity contribution in [3.05, 3.63) is 0 Å². The monoisotopic (exact) mass is 177 g/mol. The van der Waals surface area contributed by atoms with Crippen LogP contribution in [0.1, 0.15) is 12.8 Å². The van der Waals surface area contributed by atoms with E-state index in [1.807, 2.05) is 0 Å². The Morgan fingerprint density at radius 3 is 2.83 bits per heavy atom. The van der Waals surface area contributed by atoms with E-state index in [9.17, 15) is 9.18 Å².